The second-order valence-electron chi connectivity index (χ2n) is 4.45. The third-order valence-electron chi connectivity index (χ3n) is 3.06. The van der Waals surface area contributed by atoms with Crippen LogP contribution in [0.15, 0.2) is 21.9 Å². The molecule has 1 aliphatic heterocycles. The molecule has 0 unspecified atom stereocenters. The standard InChI is InChI=1S/C10H13FN2O5/c1-9(17)4-7(18-10(9,11)5-14)13-3-2-6(15)12-8(13)16/h2-3,7,14,17H,4-5H2,1H3,(H,12,15,16)/t7-,9-,10-/m1/s1. The summed E-state index contributed by atoms with van der Waals surface area (Å²) in [6.45, 7) is 0.133. The maximum atomic E-state index is 14.1. The first kappa shape index (κ1) is 12.9. The Bertz CT molecular complexity index is 566. The number of hydrogen-bond acceptors (Lipinski definition) is 5. The minimum Gasteiger partial charge on any atom is -0.390 e. The summed E-state index contributed by atoms with van der Waals surface area (Å²) in [7, 11) is 0. The quantitative estimate of drug-likeness (QED) is 0.623. The number of aliphatic hydroxyl groups excluding tert-OH is 1. The Morgan fingerprint density at radius 1 is 1.67 bits per heavy atom. The highest BCUT2D eigenvalue weighted by Crippen LogP contribution is 2.44. The molecule has 2 heterocycles. The number of nitrogens with one attached hydrogen (secondary N) is 1. The van der Waals surface area contributed by atoms with Gasteiger partial charge < -0.3 is 14.9 Å². The monoisotopic (exact) mass is 260 g/mol. The van der Waals surface area contributed by atoms with E-state index in [1.807, 2.05) is 4.98 Å². The van der Waals surface area contributed by atoms with Crippen molar-refractivity contribution in [1.82, 2.24) is 9.55 Å². The predicted octanol–water partition coefficient (Wildman–Crippen LogP) is -1.14. The molecule has 18 heavy (non-hydrogen) atoms. The van der Waals surface area contributed by atoms with E-state index in [9.17, 15) is 19.1 Å². The Balaban J connectivity index is 2.38. The number of hydrogen-bond donors (Lipinski definition) is 3. The zero-order chi connectivity index (χ0) is 13.6. The molecule has 2 rings (SSSR count). The number of aromatic amines is 1. The molecule has 0 saturated carbocycles. The highest BCUT2D eigenvalue weighted by molar-refractivity contribution is 4.98. The van der Waals surface area contributed by atoms with Crippen LogP contribution in [0.25, 0.3) is 0 Å². The smallest absolute Gasteiger partial charge is 0.330 e. The molecule has 0 amide bonds. The van der Waals surface area contributed by atoms with Crippen molar-refractivity contribution in [2.24, 2.45) is 0 Å². The maximum Gasteiger partial charge on any atom is 0.330 e. The molecule has 1 saturated heterocycles. The van der Waals surface area contributed by atoms with Crippen LogP contribution in [-0.2, 0) is 4.74 Å². The van der Waals surface area contributed by atoms with Gasteiger partial charge in [0.05, 0.1) is 0 Å². The Morgan fingerprint density at radius 2 is 2.33 bits per heavy atom. The van der Waals surface area contributed by atoms with Crippen LogP contribution in [-0.4, -0.2) is 37.8 Å². The van der Waals surface area contributed by atoms with Crippen LogP contribution >= 0.6 is 0 Å². The van der Waals surface area contributed by atoms with E-state index >= 15 is 0 Å². The summed E-state index contributed by atoms with van der Waals surface area (Å²) >= 11 is 0. The molecule has 1 aromatic rings. The summed E-state index contributed by atoms with van der Waals surface area (Å²) < 4.78 is 19.9. The van der Waals surface area contributed by atoms with E-state index in [-0.39, 0.29) is 6.42 Å². The minimum atomic E-state index is -2.65. The number of nitrogens with zero attached hydrogens (tertiary/aromatic N) is 1. The van der Waals surface area contributed by atoms with Gasteiger partial charge in [0.2, 0.25) is 0 Å². The van der Waals surface area contributed by atoms with Gasteiger partial charge in [-0.25, -0.2) is 9.18 Å². The fourth-order valence-corrected chi connectivity index (χ4v) is 1.89. The van der Waals surface area contributed by atoms with E-state index in [0.717, 1.165) is 16.8 Å². The van der Waals surface area contributed by atoms with Gasteiger partial charge in [-0.05, 0) is 6.92 Å². The number of aromatic nitrogens is 2. The first-order valence-corrected chi connectivity index (χ1v) is 5.30. The van der Waals surface area contributed by atoms with Crippen LogP contribution in [0.5, 0.6) is 0 Å². The molecule has 1 fully saturated rings. The molecule has 0 aromatic carbocycles. The molecule has 3 atom stereocenters. The molecule has 0 aliphatic carbocycles. The van der Waals surface area contributed by atoms with Gasteiger partial charge in [-0.15, -0.1) is 0 Å². The van der Waals surface area contributed by atoms with Crippen molar-refractivity contribution in [3.8, 4) is 0 Å². The van der Waals surface area contributed by atoms with Gasteiger partial charge in [0.1, 0.15) is 18.4 Å². The van der Waals surface area contributed by atoms with Gasteiger partial charge in [-0.2, -0.15) is 0 Å². The van der Waals surface area contributed by atoms with E-state index in [4.69, 9.17) is 9.84 Å². The molecule has 0 radical (unpaired) electrons. The SMILES string of the molecule is C[C@@]1(O)C[C@H](n2ccc(=O)[nH]c2=O)O[C@]1(F)CO. The number of rotatable bonds is 2. The Morgan fingerprint density at radius 3 is 2.83 bits per heavy atom. The van der Waals surface area contributed by atoms with Crippen molar-refractivity contribution in [2.45, 2.75) is 31.0 Å². The van der Waals surface area contributed by atoms with Crippen molar-refractivity contribution >= 4 is 0 Å². The minimum absolute atomic E-state index is 0.226. The predicted molar refractivity (Wildman–Crippen MR) is 57.6 cm³/mol. The lowest BCUT2D eigenvalue weighted by atomic mass is 9.96. The summed E-state index contributed by atoms with van der Waals surface area (Å²) in [5.74, 6) is -2.65. The zero-order valence-corrected chi connectivity index (χ0v) is 9.59. The Labute approximate surface area is 100 Å². The molecule has 0 spiro atoms. The van der Waals surface area contributed by atoms with E-state index in [2.05, 4.69) is 0 Å². The van der Waals surface area contributed by atoms with Crippen molar-refractivity contribution < 1.29 is 19.3 Å². The first-order chi connectivity index (χ1) is 8.29. The molecular weight excluding hydrogens is 247 g/mol. The summed E-state index contributed by atoms with van der Waals surface area (Å²) in [5.41, 5.74) is -3.29. The van der Waals surface area contributed by atoms with Gasteiger partial charge in [0.25, 0.3) is 11.4 Å². The van der Waals surface area contributed by atoms with Crippen LogP contribution in [0.1, 0.15) is 19.6 Å². The topological polar surface area (TPSA) is 105 Å². The number of H-pyrrole nitrogens is 1. The number of aliphatic hydroxyl groups is 2. The summed E-state index contributed by atoms with van der Waals surface area (Å²) in [5, 5.41) is 18.8. The van der Waals surface area contributed by atoms with Crippen molar-refractivity contribution in [2.75, 3.05) is 6.61 Å². The fourth-order valence-electron chi connectivity index (χ4n) is 1.89. The lowest BCUT2D eigenvalue weighted by Crippen LogP contribution is -2.47. The van der Waals surface area contributed by atoms with Gasteiger partial charge >= 0.3 is 5.69 Å². The highest BCUT2D eigenvalue weighted by Gasteiger charge is 2.58. The average molecular weight is 260 g/mol. The van der Waals surface area contributed by atoms with Crippen LogP contribution < -0.4 is 11.2 Å². The Kier molecular flexibility index (Phi) is 2.88. The molecule has 0 bridgehead atoms. The molecule has 7 nitrogen and oxygen atoms in total. The van der Waals surface area contributed by atoms with E-state index in [1.54, 1.807) is 0 Å². The Hall–Kier alpha value is -1.51. The van der Waals surface area contributed by atoms with Crippen molar-refractivity contribution in [1.29, 1.82) is 0 Å². The van der Waals surface area contributed by atoms with Crippen molar-refractivity contribution in [3.63, 3.8) is 0 Å². The highest BCUT2D eigenvalue weighted by atomic mass is 19.2. The van der Waals surface area contributed by atoms with E-state index < -0.39 is 35.5 Å². The lowest BCUT2D eigenvalue weighted by Gasteiger charge is -2.28. The number of halogens is 1. The molecular formula is C10H13FN2O5. The first-order valence-electron chi connectivity index (χ1n) is 5.30. The second kappa shape index (κ2) is 4.01. The van der Waals surface area contributed by atoms with Gasteiger partial charge in [-0.1, -0.05) is 0 Å². The lowest BCUT2D eigenvalue weighted by molar-refractivity contribution is -0.235. The van der Waals surface area contributed by atoms with E-state index in [1.165, 1.54) is 6.92 Å². The summed E-state index contributed by atoms with van der Waals surface area (Å²) in [6.07, 6.45) is -0.178. The molecule has 8 heteroatoms. The van der Waals surface area contributed by atoms with Gasteiger partial charge in [0, 0.05) is 18.7 Å². The fraction of sp³-hybridized carbons (Fsp3) is 0.600. The third kappa shape index (κ3) is 1.88. The van der Waals surface area contributed by atoms with Crippen molar-refractivity contribution in [3.05, 3.63) is 33.1 Å². The molecule has 100 valence electrons. The number of ether oxygens (including phenoxy) is 1. The van der Waals surface area contributed by atoms with E-state index in [0.29, 0.717) is 0 Å². The van der Waals surface area contributed by atoms with Crippen LogP contribution in [0.3, 0.4) is 0 Å². The molecule has 1 aromatic heterocycles. The largest absolute Gasteiger partial charge is 0.390 e. The van der Waals surface area contributed by atoms with Crippen LogP contribution in [0.2, 0.25) is 0 Å². The molecule has 3 N–H and O–H groups in total. The van der Waals surface area contributed by atoms with Crippen LogP contribution in [0.4, 0.5) is 4.39 Å². The summed E-state index contributed by atoms with van der Waals surface area (Å²) in [6, 6.07) is 1.08. The van der Waals surface area contributed by atoms with Gasteiger partial charge in [-0.3, -0.25) is 14.3 Å². The average Bonchev–Trinajstić information content (AvgIpc) is 2.50. The third-order valence-corrected chi connectivity index (χ3v) is 3.06. The zero-order valence-electron chi connectivity index (χ0n) is 9.59. The van der Waals surface area contributed by atoms with Crippen LogP contribution in [0, 0.1) is 0 Å². The number of alkyl halides is 1. The second-order valence-corrected chi connectivity index (χ2v) is 4.45. The molecule has 1 aliphatic rings. The summed E-state index contributed by atoms with van der Waals surface area (Å²) in [4.78, 5) is 24.4. The van der Waals surface area contributed by atoms with Gasteiger partial charge in [0.15, 0.2) is 0 Å². The maximum absolute atomic E-state index is 14.1. The normalized spacial score (nSPS) is 35.9.